The van der Waals surface area contributed by atoms with E-state index in [4.69, 9.17) is 18.9 Å². The molecule has 0 N–H and O–H groups in total. The van der Waals surface area contributed by atoms with Gasteiger partial charge in [0.1, 0.15) is 0 Å². The lowest BCUT2D eigenvalue weighted by Crippen LogP contribution is -2.43. The average Bonchev–Trinajstić information content (AvgIpc) is 2.83. The Labute approximate surface area is 182 Å². The van der Waals surface area contributed by atoms with Crippen molar-refractivity contribution in [2.24, 2.45) is 0 Å². The number of carbonyl (C=O) groups is 2. The first kappa shape index (κ1) is 22.5. The lowest BCUT2D eigenvalue weighted by molar-refractivity contribution is -0.122. The SMILES string of the molecule is COc1cc(C(=O)OCC(=O)N(c2ccccc2)C2CCCCC2)cc(OC)c1OC. The number of methoxy groups -OCH3 is 3. The van der Waals surface area contributed by atoms with Crippen molar-refractivity contribution in [2.75, 3.05) is 32.8 Å². The van der Waals surface area contributed by atoms with E-state index in [2.05, 4.69) is 0 Å². The van der Waals surface area contributed by atoms with Crippen LogP contribution in [0.1, 0.15) is 42.5 Å². The molecular formula is C24H29NO6. The fraction of sp³-hybridized carbons (Fsp3) is 0.417. The van der Waals surface area contributed by atoms with Crippen molar-refractivity contribution in [1.29, 1.82) is 0 Å². The van der Waals surface area contributed by atoms with Crippen LogP contribution in [0.25, 0.3) is 0 Å². The molecule has 0 spiro atoms. The molecule has 1 saturated carbocycles. The van der Waals surface area contributed by atoms with Crippen LogP contribution in [-0.2, 0) is 9.53 Å². The molecule has 0 unspecified atom stereocenters. The third-order valence-electron chi connectivity index (χ3n) is 5.47. The van der Waals surface area contributed by atoms with Crippen molar-refractivity contribution in [2.45, 2.75) is 38.1 Å². The maximum Gasteiger partial charge on any atom is 0.338 e. The first-order valence-corrected chi connectivity index (χ1v) is 10.4. The summed E-state index contributed by atoms with van der Waals surface area (Å²) in [5.74, 6) is 0.190. The molecule has 1 aliphatic rings. The topological polar surface area (TPSA) is 74.3 Å². The van der Waals surface area contributed by atoms with E-state index >= 15 is 0 Å². The van der Waals surface area contributed by atoms with E-state index in [-0.39, 0.29) is 24.1 Å². The number of amides is 1. The number of esters is 1. The summed E-state index contributed by atoms with van der Waals surface area (Å²) in [6.07, 6.45) is 5.26. The summed E-state index contributed by atoms with van der Waals surface area (Å²) < 4.78 is 21.2. The quantitative estimate of drug-likeness (QED) is 0.587. The molecule has 1 aliphatic carbocycles. The zero-order valence-corrected chi connectivity index (χ0v) is 18.3. The zero-order chi connectivity index (χ0) is 22.2. The highest BCUT2D eigenvalue weighted by Crippen LogP contribution is 2.38. The Hall–Kier alpha value is -3.22. The van der Waals surface area contributed by atoms with E-state index < -0.39 is 5.97 Å². The van der Waals surface area contributed by atoms with Gasteiger partial charge < -0.3 is 23.8 Å². The molecule has 0 aromatic heterocycles. The molecule has 0 bridgehead atoms. The fourth-order valence-electron chi connectivity index (χ4n) is 3.97. The molecule has 166 valence electrons. The number of rotatable bonds is 8. The van der Waals surface area contributed by atoms with Gasteiger partial charge >= 0.3 is 5.97 Å². The molecule has 0 saturated heterocycles. The Kier molecular flexibility index (Phi) is 7.76. The number of hydrogen-bond acceptors (Lipinski definition) is 6. The summed E-state index contributed by atoms with van der Waals surface area (Å²) >= 11 is 0. The molecule has 1 fully saturated rings. The molecule has 1 amide bonds. The van der Waals surface area contributed by atoms with Crippen molar-refractivity contribution in [1.82, 2.24) is 0 Å². The van der Waals surface area contributed by atoms with E-state index in [9.17, 15) is 9.59 Å². The van der Waals surface area contributed by atoms with Crippen LogP contribution in [0.5, 0.6) is 17.2 Å². The Morgan fingerprint density at radius 1 is 0.903 bits per heavy atom. The number of ether oxygens (including phenoxy) is 4. The van der Waals surface area contributed by atoms with E-state index in [1.807, 2.05) is 30.3 Å². The van der Waals surface area contributed by atoms with Crippen LogP contribution < -0.4 is 19.1 Å². The second-order valence-electron chi connectivity index (χ2n) is 7.38. The molecule has 0 radical (unpaired) electrons. The van der Waals surface area contributed by atoms with Gasteiger partial charge in [-0.25, -0.2) is 4.79 Å². The maximum atomic E-state index is 13.1. The standard InChI is InChI=1S/C24H29NO6/c1-28-20-14-17(15-21(29-2)23(20)30-3)24(27)31-16-22(26)25(18-10-6-4-7-11-18)19-12-8-5-9-13-19/h4,6-7,10-11,14-15,19H,5,8-9,12-13,16H2,1-3H3. The number of anilines is 1. The zero-order valence-electron chi connectivity index (χ0n) is 18.3. The Morgan fingerprint density at radius 3 is 2.06 bits per heavy atom. The minimum Gasteiger partial charge on any atom is -0.493 e. The summed E-state index contributed by atoms with van der Waals surface area (Å²) in [4.78, 5) is 27.6. The van der Waals surface area contributed by atoms with Crippen molar-refractivity contribution >= 4 is 17.6 Å². The van der Waals surface area contributed by atoms with Gasteiger partial charge in [0.2, 0.25) is 5.75 Å². The van der Waals surface area contributed by atoms with Crippen LogP contribution in [0.4, 0.5) is 5.69 Å². The van der Waals surface area contributed by atoms with Gasteiger partial charge in [0.05, 0.1) is 26.9 Å². The van der Waals surface area contributed by atoms with Gasteiger partial charge in [-0.05, 0) is 37.1 Å². The smallest absolute Gasteiger partial charge is 0.338 e. The lowest BCUT2D eigenvalue weighted by atomic mass is 9.93. The Bertz CT molecular complexity index is 867. The summed E-state index contributed by atoms with van der Waals surface area (Å²) in [5.41, 5.74) is 1.04. The number of nitrogens with zero attached hydrogens (tertiary/aromatic N) is 1. The highest BCUT2D eigenvalue weighted by molar-refractivity contribution is 5.98. The van der Waals surface area contributed by atoms with Crippen LogP contribution in [0.2, 0.25) is 0 Å². The largest absolute Gasteiger partial charge is 0.493 e. The molecule has 7 heteroatoms. The van der Waals surface area contributed by atoms with Gasteiger partial charge in [0.25, 0.3) is 5.91 Å². The first-order chi connectivity index (χ1) is 15.1. The van der Waals surface area contributed by atoms with Gasteiger partial charge in [0, 0.05) is 11.7 Å². The second kappa shape index (κ2) is 10.7. The van der Waals surface area contributed by atoms with Gasteiger partial charge in [0.15, 0.2) is 18.1 Å². The molecule has 0 heterocycles. The third kappa shape index (κ3) is 5.29. The Balaban J connectivity index is 1.75. The summed E-state index contributed by atoms with van der Waals surface area (Å²) in [7, 11) is 4.43. The monoisotopic (exact) mass is 427 g/mol. The molecule has 7 nitrogen and oxygen atoms in total. The van der Waals surface area contributed by atoms with Crippen LogP contribution in [0.15, 0.2) is 42.5 Å². The van der Waals surface area contributed by atoms with Crippen LogP contribution in [0, 0.1) is 0 Å². The minimum absolute atomic E-state index is 0.114. The number of benzene rings is 2. The highest BCUT2D eigenvalue weighted by atomic mass is 16.5. The predicted octanol–water partition coefficient (Wildman–Crippen LogP) is 4.24. The van der Waals surface area contributed by atoms with Crippen molar-refractivity contribution in [3.63, 3.8) is 0 Å². The lowest BCUT2D eigenvalue weighted by Gasteiger charge is -2.34. The summed E-state index contributed by atoms with van der Waals surface area (Å²) in [5, 5.41) is 0. The van der Waals surface area contributed by atoms with Crippen LogP contribution >= 0.6 is 0 Å². The molecule has 2 aromatic rings. The molecule has 2 aromatic carbocycles. The molecule has 3 rings (SSSR count). The average molecular weight is 427 g/mol. The van der Waals surface area contributed by atoms with E-state index in [0.29, 0.717) is 17.2 Å². The fourth-order valence-corrected chi connectivity index (χ4v) is 3.97. The molecular weight excluding hydrogens is 398 g/mol. The van der Waals surface area contributed by atoms with Gasteiger partial charge in [-0.2, -0.15) is 0 Å². The molecule has 0 atom stereocenters. The molecule has 31 heavy (non-hydrogen) atoms. The van der Waals surface area contributed by atoms with Crippen LogP contribution in [0.3, 0.4) is 0 Å². The Morgan fingerprint density at radius 2 is 1.52 bits per heavy atom. The van der Waals surface area contributed by atoms with Gasteiger partial charge in [-0.15, -0.1) is 0 Å². The van der Waals surface area contributed by atoms with E-state index in [0.717, 1.165) is 31.4 Å². The number of carbonyl (C=O) groups excluding carboxylic acids is 2. The normalized spacial score (nSPS) is 13.9. The molecule has 0 aliphatic heterocycles. The number of hydrogen-bond donors (Lipinski definition) is 0. The number of para-hydroxylation sites is 1. The third-order valence-corrected chi connectivity index (χ3v) is 5.47. The first-order valence-electron chi connectivity index (χ1n) is 10.4. The van der Waals surface area contributed by atoms with E-state index in [1.165, 1.54) is 39.9 Å². The highest BCUT2D eigenvalue weighted by Gasteiger charge is 2.28. The summed E-state index contributed by atoms with van der Waals surface area (Å²) in [6, 6.07) is 12.7. The maximum absolute atomic E-state index is 13.1. The summed E-state index contributed by atoms with van der Waals surface area (Å²) in [6.45, 7) is -0.346. The second-order valence-corrected chi connectivity index (χ2v) is 7.38. The van der Waals surface area contributed by atoms with E-state index in [1.54, 1.807) is 4.90 Å². The predicted molar refractivity (Wildman–Crippen MR) is 117 cm³/mol. The van der Waals surface area contributed by atoms with Crippen molar-refractivity contribution in [3.05, 3.63) is 48.0 Å². The van der Waals surface area contributed by atoms with Gasteiger partial charge in [-0.3, -0.25) is 4.79 Å². The minimum atomic E-state index is -0.635. The van der Waals surface area contributed by atoms with Crippen LogP contribution in [-0.4, -0.2) is 45.9 Å². The van der Waals surface area contributed by atoms with Gasteiger partial charge in [-0.1, -0.05) is 37.5 Å². The van der Waals surface area contributed by atoms with Crippen molar-refractivity contribution in [3.8, 4) is 17.2 Å². The van der Waals surface area contributed by atoms with Crippen molar-refractivity contribution < 1.29 is 28.5 Å².